The SMILES string of the molecule is O=C(CSc1nc(NC2CC2)c2ccccc2n1)N1CCCC1c1ccc2c(c1)OCCO2. The van der Waals surface area contributed by atoms with Gasteiger partial charge in [-0.25, -0.2) is 9.97 Å². The summed E-state index contributed by atoms with van der Waals surface area (Å²) in [4.78, 5) is 24.6. The molecule has 2 aliphatic heterocycles. The van der Waals surface area contributed by atoms with Crippen LogP contribution in [0.5, 0.6) is 11.5 Å². The third-order valence-corrected chi connectivity index (χ3v) is 7.18. The second kappa shape index (κ2) is 8.74. The van der Waals surface area contributed by atoms with Crippen LogP contribution < -0.4 is 14.8 Å². The minimum absolute atomic E-state index is 0.0681. The summed E-state index contributed by atoms with van der Waals surface area (Å²) >= 11 is 1.41. The standard InChI is InChI=1S/C25H26N4O3S/c30-23(29-11-3-6-20(29)16-7-10-21-22(14-16)32-13-12-31-21)15-33-25-27-19-5-2-1-4-18(19)24(28-25)26-17-8-9-17/h1-2,4-5,7,10,14,17,20H,3,6,8-9,11-13,15H2,(H,26,27,28). The molecule has 2 fully saturated rings. The minimum atomic E-state index is 0.0681. The van der Waals surface area contributed by atoms with Gasteiger partial charge >= 0.3 is 0 Å². The topological polar surface area (TPSA) is 76.6 Å². The van der Waals surface area contributed by atoms with E-state index in [0.717, 1.165) is 53.2 Å². The number of likely N-dealkylation sites (tertiary alicyclic amines) is 1. The number of hydrogen-bond acceptors (Lipinski definition) is 7. The van der Waals surface area contributed by atoms with Crippen molar-refractivity contribution >= 4 is 34.4 Å². The van der Waals surface area contributed by atoms with Gasteiger partial charge in [-0.05, 0) is 55.5 Å². The Labute approximate surface area is 196 Å². The predicted octanol–water partition coefficient (Wildman–Crippen LogP) is 4.43. The molecule has 3 aromatic rings. The van der Waals surface area contributed by atoms with Crippen molar-refractivity contribution in [2.45, 2.75) is 42.9 Å². The van der Waals surface area contributed by atoms with Gasteiger partial charge in [0.2, 0.25) is 5.91 Å². The Morgan fingerprint density at radius 2 is 1.91 bits per heavy atom. The Morgan fingerprint density at radius 3 is 2.79 bits per heavy atom. The van der Waals surface area contributed by atoms with Gasteiger partial charge in [0.1, 0.15) is 19.0 Å². The molecular formula is C25H26N4O3S. The highest BCUT2D eigenvalue weighted by Crippen LogP contribution is 2.38. The summed E-state index contributed by atoms with van der Waals surface area (Å²) in [6.45, 7) is 1.90. The first-order valence-electron chi connectivity index (χ1n) is 11.6. The van der Waals surface area contributed by atoms with Crippen molar-refractivity contribution in [3.8, 4) is 11.5 Å². The molecule has 1 unspecified atom stereocenters. The molecule has 1 atom stereocenters. The van der Waals surface area contributed by atoms with Crippen molar-refractivity contribution < 1.29 is 14.3 Å². The van der Waals surface area contributed by atoms with Crippen molar-refractivity contribution in [1.82, 2.24) is 14.9 Å². The lowest BCUT2D eigenvalue weighted by Gasteiger charge is -2.26. The van der Waals surface area contributed by atoms with Gasteiger partial charge in [-0.2, -0.15) is 0 Å². The maximum atomic E-state index is 13.2. The fraction of sp³-hybridized carbons (Fsp3) is 0.400. The van der Waals surface area contributed by atoms with E-state index in [1.807, 2.05) is 41.3 Å². The smallest absolute Gasteiger partial charge is 0.233 e. The van der Waals surface area contributed by atoms with E-state index < -0.39 is 0 Å². The number of nitrogens with zero attached hydrogens (tertiary/aromatic N) is 3. The second-order valence-corrected chi connectivity index (χ2v) is 9.67. The van der Waals surface area contributed by atoms with Crippen LogP contribution in [0.3, 0.4) is 0 Å². The zero-order chi connectivity index (χ0) is 22.2. The van der Waals surface area contributed by atoms with Crippen LogP contribution in [-0.4, -0.2) is 52.3 Å². The van der Waals surface area contributed by atoms with Crippen LogP contribution in [0.25, 0.3) is 10.9 Å². The summed E-state index contributed by atoms with van der Waals surface area (Å²) in [6, 6.07) is 14.6. The number of hydrogen-bond donors (Lipinski definition) is 1. The molecule has 7 nitrogen and oxygen atoms in total. The molecule has 33 heavy (non-hydrogen) atoms. The largest absolute Gasteiger partial charge is 0.486 e. The van der Waals surface area contributed by atoms with Crippen LogP contribution in [0.4, 0.5) is 5.82 Å². The van der Waals surface area contributed by atoms with E-state index in [2.05, 4.69) is 11.4 Å². The zero-order valence-corrected chi connectivity index (χ0v) is 19.1. The number of thioether (sulfide) groups is 1. The number of anilines is 1. The van der Waals surface area contributed by atoms with Crippen LogP contribution in [0, 0.1) is 0 Å². The van der Waals surface area contributed by atoms with E-state index in [1.165, 1.54) is 24.6 Å². The molecule has 0 spiro atoms. The molecule has 3 aliphatic rings. The lowest BCUT2D eigenvalue weighted by molar-refractivity contribution is -0.129. The van der Waals surface area contributed by atoms with E-state index >= 15 is 0 Å². The van der Waals surface area contributed by atoms with Crippen molar-refractivity contribution in [3.05, 3.63) is 48.0 Å². The fourth-order valence-electron chi connectivity index (χ4n) is 4.54. The first kappa shape index (κ1) is 20.6. The number of para-hydroxylation sites is 1. The van der Waals surface area contributed by atoms with Crippen LogP contribution in [-0.2, 0) is 4.79 Å². The van der Waals surface area contributed by atoms with E-state index in [4.69, 9.17) is 19.4 Å². The van der Waals surface area contributed by atoms with E-state index in [9.17, 15) is 4.79 Å². The van der Waals surface area contributed by atoms with Crippen molar-refractivity contribution in [2.75, 3.05) is 30.8 Å². The van der Waals surface area contributed by atoms with Crippen molar-refractivity contribution in [3.63, 3.8) is 0 Å². The van der Waals surface area contributed by atoms with Gasteiger partial charge in [0.25, 0.3) is 0 Å². The number of amides is 1. The molecule has 6 rings (SSSR count). The van der Waals surface area contributed by atoms with E-state index in [0.29, 0.717) is 30.2 Å². The molecule has 1 N–H and O–H groups in total. The molecule has 1 aromatic heterocycles. The number of rotatable bonds is 6. The quantitative estimate of drug-likeness (QED) is 0.429. The number of nitrogens with one attached hydrogen (secondary N) is 1. The van der Waals surface area contributed by atoms with Gasteiger partial charge in [-0.1, -0.05) is 30.0 Å². The maximum Gasteiger partial charge on any atom is 0.233 e. The molecule has 1 saturated heterocycles. The lowest BCUT2D eigenvalue weighted by Crippen LogP contribution is -2.32. The van der Waals surface area contributed by atoms with Gasteiger partial charge < -0.3 is 19.7 Å². The Bertz CT molecular complexity index is 1200. The first-order chi connectivity index (χ1) is 16.2. The maximum absolute atomic E-state index is 13.2. The Balaban J connectivity index is 1.17. The van der Waals surface area contributed by atoms with Gasteiger partial charge in [0.05, 0.1) is 17.3 Å². The van der Waals surface area contributed by atoms with Crippen LogP contribution in [0.1, 0.15) is 37.3 Å². The highest BCUT2D eigenvalue weighted by Gasteiger charge is 2.31. The number of fused-ring (bicyclic) bond motifs is 2. The summed E-state index contributed by atoms with van der Waals surface area (Å²) in [6.07, 6.45) is 4.31. The summed E-state index contributed by atoms with van der Waals surface area (Å²) < 4.78 is 11.4. The average molecular weight is 463 g/mol. The van der Waals surface area contributed by atoms with Crippen LogP contribution >= 0.6 is 11.8 Å². The van der Waals surface area contributed by atoms with E-state index in [-0.39, 0.29) is 11.9 Å². The molecule has 1 aliphatic carbocycles. The third-order valence-electron chi connectivity index (χ3n) is 6.35. The van der Waals surface area contributed by atoms with Gasteiger partial charge in [-0.3, -0.25) is 4.79 Å². The second-order valence-electron chi connectivity index (χ2n) is 8.73. The Morgan fingerprint density at radius 1 is 1.06 bits per heavy atom. The average Bonchev–Trinajstić information content (AvgIpc) is 3.53. The number of carbonyl (C=O) groups is 1. The minimum Gasteiger partial charge on any atom is -0.486 e. The summed E-state index contributed by atoms with van der Waals surface area (Å²) in [5.41, 5.74) is 2.01. The summed E-state index contributed by atoms with van der Waals surface area (Å²) in [5, 5.41) is 5.18. The first-order valence-corrected chi connectivity index (χ1v) is 12.6. The van der Waals surface area contributed by atoms with Gasteiger partial charge in [0, 0.05) is 18.0 Å². The van der Waals surface area contributed by atoms with Crippen molar-refractivity contribution in [1.29, 1.82) is 0 Å². The third kappa shape index (κ3) is 4.31. The number of aromatic nitrogens is 2. The Kier molecular flexibility index (Phi) is 5.46. The molecule has 8 heteroatoms. The number of ether oxygens (including phenoxy) is 2. The molecule has 0 bridgehead atoms. The molecule has 1 saturated carbocycles. The molecule has 0 radical (unpaired) electrons. The van der Waals surface area contributed by atoms with Gasteiger partial charge in [0.15, 0.2) is 16.7 Å². The highest BCUT2D eigenvalue weighted by atomic mass is 32.2. The van der Waals surface area contributed by atoms with E-state index in [1.54, 1.807) is 0 Å². The highest BCUT2D eigenvalue weighted by molar-refractivity contribution is 7.99. The Hall–Kier alpha value is -3.00. The van der Waals surface area contributed by atoms with Crippen LogP contribution in [0.15, 0.2) is 47.6 Å². The zero-order valence-electron chi connectivity index (χ0n) is 18.3. The van der Waals surface area contributed by atoms with Crippen LogP contribution in [0.2, 0.25) is 0 Å². The molecule has 3 heterocycles. The molecule has 170 valence electrons. The monoisotopic (exact) mass is 462 g/mol. The lowest BCUT2D eigenvalue weighted by atomic mass is 10.0. The molecular weight excluding hydrogens is 436 g/mol. The fourth-order valence-corrected chi connectivity index (χ4v) is 5.28. The number of benzene rings is 2. The predicted molar refractivity (Wildman–Crippen MR) is 128 cm³/mol. The van der Waals surface area contributed by atoms with Gasteiger partial charge in [-0.15, -0.1) is 0 Å². The van der Waals surface area contributed by atoms with Crippen molar-refractivity contribution in [2.24, 2.45) is 0 Å². The molecule has 1 amide bonds. The number of carbonyl (C=O) groups excluding carboxylic acids is 1. The summed E-state index contributed by atoms with van der Waals surface area (Å²) in [7, 11) is 0. The molecule has 2 aromatic carbocycles. The normalized spacial score (nSPS) is 19.6. The summed E-state index contributed by atoms with van der Waals surface area (Å²) in [5.74, 6) is 2.86.